The number of hydrogen-bond acceptors (Lipinski definition) is 6. The topological polar surface area (TPSA) is 85.1 Å². The summed E-state index contributed by atoms with van der Waals surface area (Å²) in [4.78, 5) is 7.49. The van der Waals surface area contributed by atoms with Gasteiger partial charge in [0.25, 0.3) is 0 Å². The van der Waals surface area contributed by atoms with E-state index in [0.29, 0.717) is 11.7 Å². The molecule has 0 spiro atoms. The monoisotopic (exact) mass is 345 g/mol. The molecule has 0 aliphatic heterocycles. The third kappa shape index (κ3) is 3.45. The summed E-state index contributed by atoms with van der Waals surface area (Å²) in [6, 6.07) is 3.94. The van der Waals surface area contributed by atoms with Crippen molar-refractivity contribution in [3.63, 3.8) is 0 Å². The molecule has 0 amide bonds. The molecule has 5 nitrogen and oxygen atoms in total. The van der Waals surface area contributed by atoms with Gasteiger partial charge in [0.15, 0.2) is 5.13 Å². The number of rotatable bonds is 4. The van der Waals surface area contributed by atoms with Gasteiger partial charge in [0.1, 0.15) is 0 Å². The predicted octanol–water partition coefficient (Wildman–Crippen LogP) is 3.18. The Morgan fingerprint density at radius 1 is 1.29 bits per heavy atom. The van der Waals surface area contributed by atoms with Gasteiger partial charge in [-0.2, -0.15) is 0 Å². The van der Waals surface area contributed by atoms with Crippen LogP contribution in [0, 0.1) is 6.92 Å². The van der Waals surface area contributed by atoms with E-state index in [2.05, 4.69) is 9.71 Å². The molecule has 2 aromatic rings. The average Bonchev–Trinajstić information content (AvgIpc) is 2.93. The maximum atomic E-state index is 12.2. The van der Waals surface area contributed by atoms with Gasteiger partial charge < -0.3 is 5.73 Å². The minimum Gasteiger partial charge on any atom is -0.326 e. The predicted molar refractivity (Wildman–Crippen MR) is 90.4 cm³/mol. The number of thiazole rings is 1. The molecule has 2 heterocycles. The lowest BCUT2D eigenvalue weighted by Crippen LogP contribution is -2.33. The van der Waals surface area contributed by atoms with Gasteiger partial charge in [-0.25, -0.2) is 13.4 Å². The van der Waals surface area contributed by atoms with Crippen molar-refractivity contribution in [2.24, 2.45) is 5.73 Å². The van der Waals surface area contributed by atoms with Crippen molar-refractivity contribution in [2.75, 3.05) is 4.72 Å². The van der Waals surface area contributed by atoms with E-state index in [1.165, 1.54) is 11.3 Å². The Balaban J connectivity index is 2.32. The van der Waals surface area contributed by atoms with Crippen molar-refractivity contribution in [3.05, 3.63) is 21.9 Å². The van der Waals surface area contributed by atoms with E-state index in [1.54, 1.807) is 32.1 Å². The van der Waals surface area contributed by atoms with Gasteiger partial charge in [-0.3, -0.25) is 4.72 Å². The lowest BCUT2D eigenvalue weighted by molar-refractivity contribution is 0.566. The molecule has 3 N–H and O–H groups in total. The number of anilines is 1. The second-order valence-corrected chi connectivity index (χ2v) is 10.4. The molecular weight excluding hydrogens is 326 g/mol. The number of aryl methyl sites for hydroxylation is 1. The summed E-state index contributed by atoms with van der Waals surface area (Å²) < 4.78 is 26.0. The van der Waals surface area contributed by atoms with Gasteiger partial charge in [-0.05, 0) is 39.8 Å². The highest BCUT2D eigenvalue weighted by Crippen LogP contribution is 2.35. The normalized spacial score (nSPS) is 12.6. The summed E-state index contributed by atoms with van der Waals surface area (Å²) in [5.41, 5.74) is 6.43. The summed E-state index contributed by atoms with van der Waals surface area (Å²) in [7, 11) is -3.45. The summed E-state index contributed by atoms with van der Waals surface area (Å²) >= 11 is 2.92. The van der Waals surface area contributed by atoms with Crippen molar-refractivity contribution in [1.29, 1.82) is 0 Å². The minimum atomic E-state index is -3.45. The largest absolute Gasteiger partial charge is 0.326 e. The third-order valence-corrected chi connectivity index (χ3v) is 7.12. The van der Waals surface area contributed by atoms with Crippen LogP contribution in [0.25, 0.3) is 10.6 Å². The van der Waals surface area contributed by atoms with E-state index in [9.17, 15) is 8.42 Å². The van der Waals surface area contributed by atoms with Gasteiger partial charge in [-0.1, -0.05) is 0 Å². The van der Waals surface area contributed by atoms with E-state index < -0.39 is 14.8 Å². The lowest BCUT2D eigenvalue weighted by Gasteiger charge is -2.18. The number of sulfonamides is 1. The number of nitrogens with one attached hydrogen (secondary N) is 1. The van der Waals surface area contributed by atoms with Gasteiger partial charge >= 0.3 is 0 Å². The number of nitrogens with two attached hydrogens (primary N) is 1. The van der Waals surface area contributed by atoms with Gasteiger partial charge in [0, 0.05) is 16.3 Å². The number of aromatic nitrogens is 1. The number of thiophene rings is 1. The van der Waals surface area contributed by atoms with Crippen molar-refractivity contribution in [2.45, 2.75) is 39.0 Å². The van der Waals surface area contributed by atoms with Crippen LogP contribution in [0.5, 0.6) is 0 Å². The molecule has 0 fully saturated rings. The molecule has 0 unspecified atom stereocenters. The highest BCUT2D eigenvalue weighted by atomic mass is 32.2. The van der Waals surface area contributed by atoms with Crippen LogP contribution in [0.2, 0.25) is 0 Å². The summed E-state index contributed by atoms with van der Waals surface area (Å²) in [5, 5.41) is 0.403. The minimum absolute atomic E-state index is 0.403. The molecule has 2 aromatic heterocycles. The van der Waals surface area contributed by atoms with Crippen LogP contribution in [0.1, 0.15) is 30.5 Å². The Bertz CT molecular complexity index is 739. The first kappa shape index (κ1) is 16.4. The van der Waals surface area contributed by atoms with E-state index in [-0.39, 0.29) is 0 Å². The molecule has 0 aliphatic carbocycles. The van der Waals surface area contributed by atoms with E-state index in [0.717, 1.165) is 20.3 Å². The maximum absolute atomic E-state index is 12.2. The van der Waals surface area contributed by atoms with Crippen LogP contribution in [-0.4, -0.2) is 18.1 Å². The van der Waals surface area contributed by atoms with Crippen molar-refractivity contribution in [3.8, 4) is 10.6 Å². The van der Waals surface area contributed by atoms with Crippen molar-refractivity contribution < 1.29 is 8.42 Å². The van der Waals surface area contributed by atoms with Crippen LogP contribution in [0.15, 0.2) is 12.1 Å². The maximum Gasteiger partial charge on any atom is 0.239 e. The summed E-state index contributed by atoms with van der Waals surface area (Å²) in [6.07, 6.45) is 0. The van der Waals surface area contributed by atoms with Crippen LogP contribution in [0.3, 0.4) is 0 Å². The van der Waals surface area contributed by atoms with Crippen LogP contribution in [0.4, 0.5) is 5.13 Å². The Morgan fingerprint density at radius 2 is 1.95 bits per heavy atom. The second kappa shape index (κ2) is 5.68. The van der Waals surface area contributed by atoms with Crippen LogP contribution >= 0.6 is 22.7 Å². The average molecular weight is 346 g/mol. The molecule has 0 saturated carbocycles. The first-order valence-corrected chi connectivity index (χ1v) is 9.54. The van der Waals surface area contributed by atoms with E-state index >= 15 is 0 Å². The second-order valence-electron chi connectivity index (χ2n) is 5.61. The highest BCUT2D eigenvalue weighted by molar-refractivity contribution is 7.94. The molecule has 0 aromatic carbocycles. The molecule has 0 saturated heterocycles. The zero-order valence-corrected chi connectivity index (χ0v) is 14.9. The molecule has 0 atom stereocenters. The molecule has 0 bridgehead atoms. The smallest absolute Gasteiger partial charge is 0.239 e. The lowest BCUT2D eigenvalue weighted by atomic mass is 10.3. The fourth-order valence-electron chi connectivity index (χ4n) is 1.55. The van der Waals surface area contributed by atoms with E-state index in [1.807, 2.05) is 19.1 Å². The van der Waals surface area contributed by atoms with Crippen molar-refractivity contribution in [1.82, 2.24) is 4.98 Å². The first-order valence-electron chi connectivity index (χ1n) is 6.43. The molecular formula is C13H19N3O2S3. The van der Waals surface area contributed by atoms with Gasteiger partial charge in [0.2, 0.25) is 10.0 Å². The molecule has 0 radical (unpaired) electrons. The molecule has 0 aliphatic rings. The molecule has 2 rings (SSSR count). The first-order chi connectivity index (χ1) is 9.64. The Kier molecular flexibility index (Phi) is 4.44. The molecule has 21 heavy (non-hydrogen) atoms. The fourth-order valence-corrected chi connectivity index (χ4v) is 4.31. The highest BCUT2D eigenvalue weighted by Gasteiger charge is 2.30. The van der Waals surface area contributed by atoms with Crippen LogP contribution < -0.4 is 10.5 Å². The molecule has 116 valence electrons. The fraction of sp³-hybridized carbons (Fsp3) is 0.462. The van der Waals surface area contributed by atoms with Crippen molar-refractivity contribution >= 4 is 37.8 Å². The van der Waals surface area contributed by atoms with Crippen LogP contribution in [-0.2, 0) is 16.6 Å². The van der Waals surface area contributed by atoms with Gasteiger partial charge in [0.05, 0.1) is 15.3 Å². The zero-order chi connectivity index (χ0) is 15.8. The standard InChI is InChI=1S/C13H19N3O2S3/c1-8-11(10-6-5-9(7-14)20-10)15-12(19-8)16-21(17,18)13(2,3)4/h5-6H,7,14H2,1-4H3,(H,15,16). The molecule has 8 heteroatoms. The quantitative estimate of drug-likeness (QED) is 0.891. The Labute approximate surface area is 133 Å². The van der Waals surface area contributed by atoms with E-state index in [4.69, 9.17) is 5.73 Å². The third-order valence-electron chi connectivity index (χ3n) is 2.92. The summed E-state index contributed by atoms with van der Waals surface area (Å²) in [5.74, 6) is 0. The zero-order valence-electron chi connectivity index (χ0n) is 12.4. The Morgan fingerprint density at radius 3 is 2.48 bits per heavy atom. The number of hydrogen-bond donors (Lipinski definition) is 2. The Hall–Kier alpha value is -0.960. The van der Waals surface area contributed by atoms with Gasteiger partial charge in [-0.15, -0.1) is 22.7 Å². The number of nitrogens with zero attached hydrogens (tertiary/aromatic N) is 1. The SMILES string of the molecule is Cc1sc(NS(=O)(=O)C(C)(C)C)nc1-c1ccc(CN)s1. The summed E-state index contributed by atoms with van der Waals surface area (Å²) in [6.45, 7) is 7.40.